The van der Waals surface area contributed by atoms with Gasteiger partial charge in [-0.25, -0.2) is 4.98 Å². The van der Waals surface area contributed by atoms with Gasteiger partial charge in [-0.2, -0.15) is 0 Å². The highest BCUT2D eigenvalue weighted by molar-refractivity contribution is 9.09. The Kier molecular flexibility index (Phi) is 3.72. The fourth-order valence-corrected chi connectivity index (χ4v) is 2.10. The van der Waals surface area contributed by atoms with Gasteiger partial charge in [-0.15, -0.1) is 0 Å². The Morgan fingerprint density at radius 1 is 1.44 bits per heavy atom. The Balaban J connectivity index is 2.17. The van der Waals surface area contributed by atoms with Crippen LogP contribution in [-0.4, -0.2) is 21.1 Å². The number of ketones is 1. The smallest absolute Gasteiger partial charge is 0.165 e. The molecule has 0 saturated carbocycles. The molecule has 4 heteroatoms. The van der Waals surface area contributed by atoms with E-state index < -0.39 is 0 Å². The molecule has 0 aliphatic heterocycles. The Bertz CT molecular complexity index is 492. The van der Waals surface area contributed by atoms with Crippen LogP contribution in [0.4, 0.5) is 0 Å². The summed E-state index contributed by atoms with van der Waals surface area (Å²) in [5.74, 6) is 0.195. The third-order valence-electron chi connectivity index (χ3n) is 2.54. The van der Waals surface area contributed by atoms with Gasteiger partial charge in [0.05, 0.1) is 0 Å². The van der Waals surface area contributed by atoms with Crippen molar-refractivity contribution in [3.63, 3.8) is 0 Å². The monoisotopic (exact) mass is 280 g/mol. The third-order valence-corrected chi connectivity index (χ3v) is 3.10. The number of nitrogens with zero attached hydrogens (tertiary/aromatic N) is 1. The molecule has 0 amide bonds. The topological polar surface area (TPSA) is 45.8 Å². The zero-order chi connectivity index (χ0) is 11.4. The molecule has 0 aliphatic rings. The summed E-state index contributed by atoms with van der Waals surface area (Å²) in [4.78, 5) is 19.1. The second kappa shape index (κ2) is 5.25. The van der Waals surface area contributed by atoms with E-state index in [9.17, 15) is 4.79 Å². The van der Waals surface area contributed by atoms with Crippen molar-refractivity contribution in [2.24, 2.45) is 0 Å². The quantitative estimate of drug-likeness (QED) is 0.519. The molecule has 2 aromatic heterocycles. The molecule has 0 aliphatic carbocycles. The van der Waals surface area contributed by atoms with E-state index in [4.69, 9.17) is 0 Å². The van der Waals surface area contributed by atoms with Crippen LogP contribution < -0.4 is 0 Å². The summed E-state index contributed by atoms with van der Waals surface area (Å²) < 4.78 is 0. The number of pyridine rings is 1. The summed E-state index contributed by atoms with van der Waals surface area (Å²) >= 11 is 3.36. The lowest BCUT2D eigenvalue weighted by molar-refractivity contribution is 0.0981. The molecule has 3 nitrogen and oxygen atoms in total. The van der Waals surface area contributed by atoms with Crippen molar-refractivity contribution in [3.05, 3.63) is 30.1 Å². The van der Waals surface area contributed by atoms with Crippen LogP contribution in [0.1, 0.15) is 29.6 Å². The highest BCUT2D eigenvalue weighted by Crippen LogP contribution is 2.18. The van der Waals surface area contributed by atoms with E-state index in [1.54, 1.807) is 12.4 Å². The maximum atomic E-state index is 11.9. The van der Waals surface area contributed by atoms with E-state index in [1.807, 2.05) is 12.1 Å². The lowest BCUT2D eigenvalue weighted by Gasteiger charge is -1.98. The van der Waals surface area contributed by atoms with E-state index in [2.05, 4.69) is 25.9 Å². The fraction of sp³-hybridized carbons (Fsp3) is 0.333. The molecular formula is C12H13BrN2O. The predicted octanol–water partition coefficient (Wildman–Crippen LogP) is 3.31. The number of hydrogen-bond acceptors (Lipinski definition) is 2. The lowest BCUT2D eigenvalue weighted by Crippen LogP contribution is -1.97. The number of carbonyl (C=O) groups excluding carboxylic acids is 1. The SMILES string of the molecule is O=C(CCCCBr)c1c[nH]c2ncccc12. The number of aromatic nitrogens is 2. The van der Waals surface area contributed by atoms with Gasteiger partial charge in [-0.05, 0) is 25.0 Å². The van der Waals surface area contributed by atoms with Crippen LogP contribution in [0, 0.1) is 0 Å². The maximum absolute atomic E-state index is 11.9. The minimum Gasteiger partial charge on any atom is -0.345 e. The highest BCUT2D eigenvalue weighted by Gasteiger charge is 2.11. The standard InChI is InChI=1S/C12H13BrN2O/c13-6-2-1-5-11(16)10-8-15-12-9(10)4-3-7-14-12/h3-4,7-8H,1-2,5-6H2,(H,14,15). The molecule has 2 aromatic rings. The second-order valence-electron chi connectivity index (χ2n) is 3.67. The molecule has 2 heterocycles. The van der Waals surface area contributed by atoms with Gasteiger partial charge in [0.2, 0.25) is 0 Å². The molecule has 0 atom stereocenters. The normalized spacial score (nSPS) is 10.8. The van der Waals surface area contributed by atoms with Crippen molar-refractivity contribution in [2.75, 3.05) is 5.33 Å². The maximum Gasteiger partial charge on any atom is 0.165 e. The number of alkyl halides is 1. The van der Waals surface area contributed by atoms with E-state index in [0.29, 0.717) is 6.42 Å². The van der Waals surface area contributed by atoms with Gasteiger partial charge in [0.25, 0.3) is 0 Å². The van der Waals surface area contributed by atoms with E-state index in [1.165, 1.54) is 0 Å². The van der Waals surface area contributed by atoms with Crippen LogP contribution in [0.5, 0.6) is 0 Å². The van der Waals surface area contributed by atoms with Crippen LogP contribution in [0.3, 0.4) is 0 Å². The molecule has 0 fully saturated rings. The third kappa shape index (κ3) is 2.32. The molecule has 0 aromatic carbocycles. The first-order valence-corrected chi connectivity index (χ1v) is 6.46. The van der Waals surface area contributed by atoms with Crippen LogP contribution in [0.25, 0.3) is 11.0 Å². The second-order valence-corrected chi connectivity index (χ2v) is 4.46. The predicted molar refractivity (Wildman–Crippen MR) is 68.1 cm³/mol. The molecule has 1 N–H and O–H groups in total. The van der Waals surface area contributed by atoms with E-state index in [-0.39, 0.29) is 5.78 Å². The van der Waals surface area contributed by atoms with Gasteiger partial charge in [-0.1, -0.05) is 15.9 Å². The number of halogens is 1. The zero-order valence-corrected chi connectivity index (χ0v) is 10.5. The number of H-pyrrole nitrogens is 1. The van der Waals surface area contributed by atoms with Crippen LogP contribution in [-0.2, 0) is 0 Å². The summed E-state index contributed by atoms with van der Waals surface area (Å²) in [6.45, 7) is 0. The van der Waals surface area contributed by atoms with Crippen LogP contribution in [0.2, 0.25) is 0 Å². The number of rotatable bonds is 5. The number of carbonyl (C=O) groups is 1. The first-order valence-electron chi connectivity index (χ1n) is 5.34. The number of aromatic amines is 1. The van der Waals surface area contributed by atoms with Gasteiger partial charge in [0, 0.05) is 35.1 Å². The summed E-state index contributed by atoms with van der Waals surface area (Å²) in [7, 11) is 0. The molecule has 2 rings (SSSR count). The number of fused-ring (bicyclic) bond motifs is 1. The van der Waals surface area contributed by atoms with Crippen molar-refractivity contribution in [1.29, 1.82) is 0 Å². The molecule has 0 saturated heterocycles. The average Bonchev–Trinajstić information content (AvgIpc) is 2.73. The zero-order valence-electron chi connectivity index (χ0n) is 8.87. The van der Waals surface area contributed by atoms with Crippen molar-refractivity contribution in [1.82, 2.24) is 9.97 Å². The molecular weight excluding hydrogens is 268 g/mol. The molecule has 0 spiro atoms. The van der Waals surface area contributed by atoms with E-state index in [0.717, 1.165) is 34.8 Å². The first kappa shape index (κ1) is 11.3. The fourth-order valence-electron chi connectivity index (χ4n) is 1.70. The van der Waals surface area contributed by atoms with Crippen molar-refractivity contribution < 1.29 is 4.79 Å². The average molecular weight is 281 g/mol. The van der Waals surface area contributed by atoms with E-state index >= 15 is 0 Å². The van der Waals surface area contributed by atoms with Crippen LogP contribution >= 0.6 is 15.9 Å². The number of hydrogen-bond donors (Lipinski definition) is 1. The summed E-state index contributed by atoms with van der Waals surface area (Å²) in [5, 5.41) is 1.88. The molecule has 16 heavy (non-hydrogen) atoms. The Labute approximate surface area is 102 Å². The van der Waals surface area contributed by atoms with Crippen molar-refractivity contribution in [2.45, 2.75) is 19.3 Å². The Morgan fingerprint density at radius 2 is 2.31 bits per heavy atom. The Hall–Kier alpha value is -1.16. The largest absolute Gasteiger partial charge is 0.345 e. The van der Waals surface area contributed by atoms with Gasteiger partial charge >= 0.3 is 0 Å². The Morgan fingerprint density at radius 3 is 3.12 bits per heavy atom. The molecule has 0 bridgehead atoms. The van der Waals surface area contributed by atoms with Crippen molar-refractivity contribution in [3.8, 4) is 0 Å². The number of nitrogens with one attached hydrogen (secondary N) is 1. The lowest BCUT2D eigenvalue weighted by atomic mass is 10.1. The van der Waals surface area contributed by atoms with Gasteiger partial charge in [-0.3, -0.25) is 4.79 Å². The molecule has 84 valence electrons. The number of unbranched alkanes of at least 4 members (excludes halogenated alkanes) is 1. The van der Waals surface area contributed by atoms with Crippen LogP contribution in [0.15, 0.2) is 24.5 Å². The van der Waals surface area contributed by atoms with Gasteiger partial charge < -0.3 is 4.98 Å². The minimum absolute atomic E-state index is 0.195. The summed E-state index contributed by atoms with van der Waals surface area (Å²) in [6, 6.07) is 3.78. The summed E-state index contributed by atoms with van der Waals surface area (Å²) in [6.07, 6.45) is 6.04. The summed E-state index contributed by atoms with van der Waals surface area (Å²) in [5.41, 5.74) is 1.55. The molecule has 0 unspecified atom stereocenters. The van der Waals surface area contributed by atoms with Gasteiger partial charge in [0.1, 0.15) is 5.65 Å². The molecule has 0 radical (unpaired) electrons. The van der Waals surface area contributed by atoms with Crippen molar-refractivity contribution >= 4 is 32.7 Å². The highest BCUT2D eigenvalue weighted by atomic mass is 79.9. The van der Waals surface area contributed by atoms with Gasteiger partial charge in [0.15, 0.2) is 5.78 Å². The first-order chi connectivity index (χ1) is 7.83. The minimum atomic E-state index is 0.195. The number of Topliss-reactive ketones (excluding diaryl/α,β-unsaturated/α-hetero) is 1.